The van der Waals surface area contributed by atoms with Gasteiger partial charge in [0.2, 0.25) is 0 Å². The van der Waals surface area contributed by atoms with Gasteiger partial charge in [-0.05, 0) is 34.1 Å². The first-order chi connectivity index (χ1) is 9.27. The van der Waals surface area contributed by atoms with Gasteiger partial charge in [0.1, 0.15) is 0 Å². The summed E-state index contributed by atoms with van der Waals surface area (Å²) in [5.41, 5.74) is 3.34. The minimum atomic E-state index is 0.0316. The van der Waals surface area contributed by atoms with Crippen LogP contribution in [-0.2, 0) is 19.0 Å². The van der Waals surface area contributed by atoms with E-state index in [9.17, 15) is 0 Å². The molecule has 0 spiro atoms. The molecule has 0 aliphatic heterocycles. The number of aromatic nitrogens is 2. The molecule has 108 valence electrons. The van der Waals surface area contributed by atoms with E-state index in [4.69, 9.17) is 11.6 Å². The van der Waals surface area contributed by atoms with Gasteiger partial charge in [-0.2, -0.15) is 5.10 Å². The molecule has 0 atom stereocenters. The van der Waals surface area contributed by atoms with Crippen LogP contribution in [0.1, 0.15) is 32.0 Å². The van der Waals surface area contributed by atoms with Crippen molar-refractivity contribution in [1.29, 1.82) is 0 Å². The number of anilines is 1. The fraction of sp³-hybridized carbons (Fsp3) is 0.400. The van der Waals surface area contributed by atoms with Crippen molar-refractivity contribution in [2.45, 2.75) is 32.7 Å². The van der Waals surface area contributed by atoms with Crippen LogP contribution >= 0.6 is 27.5 Å². The molecule has 1 aromatic heterocycles. The van der Waals surface area contributed by atoms with Gasteiger partial charge in [-0.3, -0.25) is 4.68 Å². The Balaban J connectivity index is 2.21. The Morgan fingerprint density at radius 1 is 1.35 bits per heavy atom. The predicted molar refractivity (Wildman–Crippen MR) is 88.4 cm³/mol. The monoisotopic (exact) mass is 355 g/mol. The Bertz CT molecular complexity index is 614. The van der Waals surface area contributed by atoms with E-state index >= 15 is 0 Å². The van der Waals surface area contributed by atoms with Crippen LogP contribution in [-0.4, -0.2) is 9.78 Å². The molecule has 1 heterocycles. The highest BCUT2D eigenvalue weighted by Crippen LogP contribution is 2.28. The van der Waals surface area contributed by atoms with E-state index in [2.05, 4.69) is 53.3 Å². The predicted octanol–water partition coefficient (Wildman–Crippen LogP) is 4.75. The SMILES string of the molecule is Cn1cc(CNc2cc(Cl)ccc2Br)c(C(C)(C)C)n1. The summed E-state index contributed by atoms with van der Waals surface area (Å²) in [6.07, 6.45) is 2.06. The van der Waals surface area contributed by atoms with E-state index in [0.717, 1.165) is 27.4 Å². The molecule has 0 amide bonds. The van der Waals surface area contributed by atoms with Crippen molar-refractivity contribution in [2.75, 3.05) is 5.32 Å². The molecule has 0 unspecified atom stereocenters. The molecule has 0 saturated carbocycles. The molecule has 0 fully saturated rings. The fourth-order valence-corrected chi connectivity index (χ4v) is 2.68. The fourth-order valence-electron chi connectivity index (χ4n) is 2.12. The standard InChI is InChI=1S/C15H19BrClN3/c1-15(2,3)14-10(9-20(4)19-14)8-18-13-7-11(17)5-6-12(13)16/h5-7,9,18H,8H2,1-4H3. The molecule has 1 aromatic carbocycles. The number of hydrogen-bond donors (Lipinski definition) is 1. The van der Waals surface area contributed by atoms with Gasteiger partial charge in [-0.25, -0.2) is 0 Å². The van der Waals surface area contributed by atoms with Crippen molar-refractivity contribution in [3.05, 3.63) is 45.1 Å². The topological polar surface area (TPSA) is 29.9 Å². The van der Waals surface area contributed by atoms with Crippen LogP contribution in [0.25, 0.3) is 0 Å². The molecule has 0 aliphatic rings. The van der Waals surface area contributed by atoms with Crippen LogP contribution in [0.4, 0.5) is 5.69 Å². The number of rotatable bonds is 3. The van der Waals surface area contributed by atoms with E-state index in [0.29, 0.717) is 0 Å². The highest BCUT2D eigenvalue weighted by molar-refractivity contribution is 9.10. The minimum Gasteiger partial charge on any atom is -0.380 e. The summed E-state index contributed by atoms with van der Waals surface area (Å²) in [6.45, 7) is 7.25. The molecule has 0 radical (unpaired) electrons. The van der Waals surface area contributed by atoms with Crippen molar-refractivity contribution in [3.8, 4) is 0 Å². The van der Waals surface area contributed by atoms with Crippen LogP contribution in [0.15, 0.2) is 28.9 Å². The Labute approximate surface area is 133 Å². The van der Waals surface area contributed by atoms with Crippen molar-refractivity contribution in [2.24, 2.45) is 7.05 Å². The van der Waals surface area contributed by atoms with Gasteiger partial charge in [0.05, 0.1) is 11.4 Å². The molecule has 1 N–H and O–H groups in total. The van der Waals surface area contributed by atoms with Gasteiger partial charge < -0.3 is 5.32 Å². The summed E-state index contributed by atoms with van der Waals surface area (Å²) >= 11 is 9.55. The van der Waals surface area contributed by atoms with Crippen molar-refractivity contribution < 1.29 is 0 Å². The van der Waals surface area contributed by atoms with Crippen LogP contribution in [0, 0.1) is 0 Å². The average molecular weight is 357 g/mol. The zero-order valence-corrected chi connectivity index (χ0v) is 14.5. The summed E-state index contributed by atoms with van der Waals surface area (Å²) in [6, 6.07) is 5.72. The Hall–Kier alpha value is -1.00. The van der Waals surface area contributed by atoms with E-state index in [1.54, 1.807) is 0 Å². The molecule has 20 heavy (non-hydrogen) atoms. The molecule has 3 nitrogen and oxygen atoms in total. The van der Waals surface area contributed by atoms with Crippen LogP contribution in [0.2, 0.25) is 5.02 Å². The number of nitrogens with zero attached hydrogens (tertiary/aromatic N) is 2. The summed E-state index contributed by atoms with van der Waals surface area (Å²) < 4.78 is 2.87. The van der Waals surface area contributed by atoms with Gasteiger partial charge in [-0.1, -0.05) is 32.4 Å². The summed E-state index contributed by atoms with van der Waals surface area (Å²) in [7, 11) is 1.95. The molecular formula is C15H19BrClN3. The van der Waals surface area contributed by atoms with E-state index in [-0.39, 0.29) is 5.41 Å². The van der Waals surface area contributed by atoms with Gasteiger partial charge in [0, 0.05) is 40.3 Å². The number of halogens is 2. The quantitative estimate of drug-likeness (QED) is 0.860. The third kappa shape index (κ3) is 3.55. The number of nitrogens with one attached hydrogen (secondary N) is 1. The van der Waals surface area contributed by atoms with Gasteiger partial charge in [0.25, 0.3) is 0 Å². The van der Waals surface area contributed by atoms with Crippen LogP contribution in [0.3, 0.4) is 0 Å². The molecule has 5 heteroatoms. The lowest BCUT2D eigenvalue weighted by atomic mass is 9.89. The van der Waals surface area contributed by atoms with Gasteiger partial charge in [-0.15, -0.1) is 0 Å². The van der Waals surface area contributed by atoms with Crippen molar-refractivity contribution in [1.82, 2.24) is 9.78 Å². The zero-order valence-electron chi connectivity index (χ0n) is 12.2. The van der Waals surface area contributed by atoms with Crippen LogP contribution in [0.5, 0.6) is 0 Å². The second kappa shape index (κ2) is 5.78. The van der Waals surface area contributed by atoms with E-state index in [1.165, 1.54) is 5.56 Å². The average Bonchev–Trinajstić information content (AvgIpc) is 2.72. The lowest BCUT2D eigenvalue weighted by molar-refractivity contribution is 0.549. The molecule has 2 aromatic rings. The largest absolute Gasteiger partial charge is 0.380 e. The van der Waals surface area contributed by atoms with Crippen LogP contribution < -0.4 is 5.32 Å². The molecule has 2 rings (SSSR count). The second-order valence-corrected chi connectivity index (χ2v) is 7.20. The molecule has 0 saturated heterocycles. The first-order valence-electron chi connectivity index (χ1n) is 6.49. The van der Waals surface area contributed by atoms with Gasteiger partial charge >= 0.3 is 0 Å². The van der Waals surface area contributed by atoms with Crippen molar-refractivity contribution in [3.63, 3.8) is 0 Å². The van der Waals surface area contributed by atoms with E-state index in [1.807, 2.05) is 29.9 Å². The smallest absolute Gasteiger partial charge is 0.0727 e. The Kier molecular flexibility index (Phi) is 4.45. The van der Waals surface area contributed by atoms with Gasteiger partial charge in [0.15, 0.2) is 0 Å². The number of benzene rings is 1. The zero-order chi connectivity index (χ0) is 14.9. The third-order valence-electron chi connectivity index (χ3n) is 3.01. The maximum atomic E-state index is 6.03. The highest BCUT2D eigenvalue weighted by atomic mass is 79.9. The summed E-state index contributed by atoms with van der Waals surface area (Å²) in [5.74, 6) is 0. The Morgan fingerprint density at radius 2 is 2.05 bits per heavy atom. The molecule has 0 bridgehead atoms. The molecular weight excluding hydrogens is 338 g/mol. The maximum absolute atomic E-state index is 6.03. The Morgan fingerprint density at radius 3 is 2.70 bits per heavy atom. The summed E-state index contributed by atoms with van der Waals surface area (Å²) in [5, 5.41) is 8.70. The third-order valence-corrected chi connectivity index (χ3v) is 3.94. The maximum Gasteiger partial charge on any atom is 0.0727 e. The molecule has 0 aliphatic carbocycles. The minimum absolute atomic E-state index is 0.0316. The van der Waals surface area contributed by atoms with Crippen molar-refractivity contribution >= 4 is 33.2 Å². The number of aryl methyl sites for hydroxylation is 1. The second-order valence-electron chi connectivity index (χ2n) is 5.90. The first kappa shape index (κ1) is 15.4. The first-order valence-corrected chi connectivity index (χ1v) is 7.66. The van der Waals surface area contributed by atoms with E-state index < -0.39 is 0 Å². The summed E-state index contributed by atoms with van der Waals surface area (Å²) in [4.78, 5) is 0. The lowest BCUT2D eigenvalue weighted by Crippen LogP contribution is -2.16. The lowest BCUT2D eigenvalue weighted by Gasteiger charge is -2.18. The highest BCUT2D eigenvalue weighted by Gasteiger charge is 2.21. The normalized spacial score (nSPS) is 11.7. The number of hydrogen-bond acceptors (Lipinski definition) is 2.